The summed E-state index contributed by atoms with van der Waals surface area (Å²) in [4.78, 5) is 15.0. The highest BCUT2D eigenvalue weighted by Gasteiger charge is 2.42. The number of fused-ring (bicyclic) bond motifs is 1. The number of rotatable bonds is 6. The summed E-state index contributed by atoms with van der Waals surface area (Å²) in [5.41, 5.74) is 3.46. The van der Waals surface area contributed by atoms with Crippen molar-refractivity contribution in [2.24, 2.45) is 0 Å². The average Bonchev–Trinajstić information content (AvgIpc) is 3.26. The molecule has 1 amide bonds. The first kappa shape index (κ1) is 18.1. The molecule has 4 rings (SSSR count). The minimum atomic E-state index is -0.280. The summed E-state index contributed by atoms with van der Waals surface area (Å²) < 4.78 is 5.39. The Morgan fingerprint density at radius 3 is 2.79 bits per heavy atom. The summed E-state index contributed by atoms with van der Waals surface area (Å²) in [6.45, 7) is 2.76. The molecular weight excluding hydrogens is 354 g/mol. The third-order valence-electron chi connectivity index (χ3n) is 5.19. The zero-order valence-corrected chi connectivity index (χ0v) is 16.0. The Bertz CT molecular complexity index is 1010. The maximum atomic E-state index is 13.1. The van der Waals surface area contributed by atoms with E-state index >= 15 is 0 Å². The Morgan fingerprint density at radius 1 is 1.21 bits per heavy atom. The van der Waals surface area contributed by atoms with Gasteiger partial charge in [0.25, 0.3) is 5.91 Å². The Kier molecular flexibility index (Phi) is 4.77. The van der Waals surface area contributed by atoms with Crippen LogP contribution in [0.5, 0.6) is 11.5 Å². The van der Waals surface area contributed by atoms with Gasteiger partial charge in [0.1, 0.15) is 22.9 Å². The zero-order valence-electron chi connectivity index (χ0n) is 16.0. The number of aromatic nitrogens is 2. The van der Waals surface area contributed by atoms with Gasteiger partial charge in [-0.05, 0) is 36.2 Å². The SMILES string of the molecule is CCCCN1C(=O)c2[nH]nc(-c3ccccc3O)c2C1c1cccc(OC)c1. The predicted molar refractivity (Wildman–Crippen MR) is 106 cm³/mol. The number of H-pyrrole nitrogens is 1. The lowest BCUT2D eigenvalue weighted by molar-refractivity contribution is 0.0741. The highest BCUT2D eigenvalue weighted by atomic mass is 16.5. The summed E-state index contributed by atoms with van der Waals surface area (Å²) >= 11 is 0. The molecule has 1 atom stereocenters. The molecule has 2 aromatic carbocycles. The van der Waals surface area contributed by atoms with Crippen LogP contribution in [0.1, 0.15) is 47.4 Å². The number of carbonyl (C=O) groups is 1. The highest BCUT2D eigenvalue weighted by Crippen LogP contribution is 2.44. The van der Waals surface area contributed by atoms with Gasteiger partial charge in [-0.3, -0.25) is 9.89 Å². The lowest BCUT2D eigenvalue weighted by Crippen LogP contribution is -2.30. The van der Waals surface area contributed by atoms with Crippen molar-refractivity contribution in [1.82, 2.24) is 15.1 Å². The minimum Gasteiger partial charge on any atom is -0.507 e. The normalized spacial score (nSPS) is 15.7. The number of para-hydroxylation sites is 1. The predicted octanol–water partition coefficient (Wildman–Crippen LogP) is 4.14. The number of unbranched alkanes of at least 4 members (excludes halogenated alkanes) is 1. The number of aromatic amines is 1. The van der Waals surface area contributed by atoms with Gasteiger partial charge in [0.05, 0.1) is 13.2 Å². The maximum Gasteiger partial charge on any atom is 0.273 e. The van der Waals surface area contributed by atoms with Gasteiger partial charge in [-0.1, -0.05) is 37.6 Å². The van der Waals surface area contributed by atoms with E-state index in [2.05, 4.69) is 17.1 Å². The van der Waals surface area contributed by atoms with Crippen LogP contribution in [0.2, 0.25) is 0 Å². The van der Waals surface area contributed by atoms with E-state index in [1.165, 1.54) is 0 Å². The number of methoxy groups -OCH3 is 1. The van der Waals surface area contributed by atoms with Crippen molar-refractivity contribution in [3.8, 4) is 22.8 Å². The number of hydrogen-bond donors (Lipinski definition) is 2. The van der Waals surface area contributed by atoms with E-state index < -0.39 is 0 Å². The first-order valence-corrected chi connectivity index (χ1v) is 9.47. The number of phenols is 1. The molecule has 2 N–H and O–H groups in total. The number of nitrogens with one attached hydrogen (secondary N) is 1. The summed E-state index contributed by atoms with van der Waals surface area (Å²) in [7, 11) is 1.63. The van der Waals surface area contributed by atoms with Crippen LogP contribution in [-0.2, 0) is 0 Å². The molecule has 0 fully saturated rings. The molecule has 6 nitrogen and oxygen atoms in total. The van der Waals surface area contributed by atoms with Crippen molar-refractivity contribution in [3.63, 3.8) is 0 Å². The van der Waals surface area contributed by atoms with E-state index in [1.54, 1.807) is 19.2 Å². The molecule has 0 spiro atoms. The number of ether oxygens (including phenoxy) is 1. The van der Waals surface area contributed by atoms with Gasteiger partial charge in [0.15, 0.2) is 0 Å². The summed E-state index contributed by atoms with van der Waals surface area (Å²) in [6.07, 6.45) is 1.91. The van der Waals surface area contributed by atoms with Crippen molar-refractivity contribution in [2.75, 3.05) is 13.7 Å². The van der Waals surface area contributed by atoms with Crippen LogP contribution in [0, 0.1) is 0 Å². The Labute approximate surface area is 163 Å². The van der Waals surface area contributed by atoms with Crippen LogP contribution < -0.4 is 4.74 Å². The van der Waals surface area contributed by atoms with Crippen LogP contribution in [0.3, 0.4) is 0 Å². The maximum absolute atomic E-state index is 13.1. The number of nitrogens with zero attached hydrogens (tertiary/aromatic N) is 2. The van der Waals surface area contributed by atoms with E-state index in [4.69, 9.17) is 4.74 Å². The zero-order chi connectivity index (χ0) is 19.7. The van der Waals surface area contributed by atoms with Crippen molar-refractivity contribution < 1.29 is 14.6 Å². The number of phenolic OH excluding ortho intramolecular Hbond substituents is 1. The van der Waals surface area contributed by atoms with Crippen molar-refractivity contribution >= 4 is 5.91 Å². The van der Waals surface area contributed by atoms with Crippen molar-refractivity contribution in [2.45, 2.75) is 25.8 Å². The minimum absolute atomic E-state index is 0.0644. The second kappa shape index (κ2) is 7.38. The number of aromatic hydroxyl groups is 1. The van der Waals surface area contributed by atoms with Crippen LogP contribution >= 0.6 is 0 Å². The molecule has 3 aromatic rings. The molecule has 2 heterocycles. The molecule has 0 saturated carbocycles. The van der Waals surface area contributed by atoms with Crippen molar-refractivity contribution in [3.05, 3.63) is 65.4 Å². The van der Waals surface area contributed by atoms with Gasteiger partial charge in [0.2, 0.25) is 0 Å². The van der Waals surface area contributed by atoms with Crippen molar-refractivity contribution in [1.29, 1.82) is 0 Å². The van der Waals surface area contributed by atoms with Crippen LogP contribution in [-0.4, -0.2) is 39.8 Å². The molecule has 0 radical (unpaired) electrons. The van der Waals surface area contributed by atoms with Gasteiger partial charge in [-0.25, -0.2) is 0 Å². The summed E-state index contributed by atoms with van der Waals surface area (Å²) in [6, 6.07) is 14.5. The van der Waals surface area contributed by atoms with Gasteiger partial charge in [-0.15, -0.1) is 0 Å². The molecule has 1 aliphatic heterocycles. The largest absolute Gasteiger partial charge is 0.507 e. The lowest BCUT2D eigenvalue weighted by atomic mass is 9.95. The molecule has 0 aliphatic carbocycles. The quantitative estimate of drug-likeness (QED) is 0.677. The number of amides is 1. The third-order valence-corrected chi connectivity index (χ3v) is 5.19. The third kappa shape index (κ3) is 2.91. The molecule has 0 bridgehead atoms. The first-order chi connectivity index (χ1) is 13.7. The molecule has 0 saturated heterocycles. The number of benzene rings is 2. The van der Waals surface area contributed by atoms with Gasteiger partial charge in [0, 0.05) is 17.7 Å². The van der Waals surface area contributed by atoms with E-state index in [0.717, 1.165) is 29.7 Å². The Hall–Kier alpha value is -3.28. The van der Waals surface area contributed by atoms with Gasteiger partial charge < -0.3 is 14.7 Å². The summed E-state index contributed by atoms with van der Waals surface area (Å²) in [5, 5.41) is 17.7. The topological polar surface area (TPSA) is 78.5 Å². The average molecular weight is 377 g/mol. The molecule has 28 heavy (non-hydrogen) atoms. The second-order valence-corrected chi connectivity index (χ2v) is 6.91. The van der Waals surface area contributed by atoms with Gasteiger partial charge in [-0.2, -0.15) is 5.10 Å². The first-order valence-electron chi connectivity index (χ1n) is 9.47. The van der Waals surface area contributed by atoms with Crippen LogP contribution in [0.25, 0.3) is 11.3 Å². The van der Waals surface area contributed by atoms with E-state index in [1.807, 2.05) is 41.3 Å². The Morgan fingerprint density at radius 2 is 2.04 bits per heavy atom. The highest BCUT2D eigenvalue weighted by molar-refractivity contribution is 6.00. The molecule has 144 valence electrons. The van der Waals surface area contributed by atoms with Crippen LogP contribution in [0.15, 0.2) is 48.5 Å². The second-order valence-electron chi connectivity index (χ2n) is 6.91. The fourth-order valence-electron chi connectivity index (χ4n) is 3.79. The summed E-state index contributed by atoms with van der Waals surface area (Å²) in [5.74, 6) is 0.813. The van der Waals surface area contributed by atoms with E-state index in [0.29, 0.717) is 23.5 Å². The van der Waals surface area contributed by atoms with E-state index in [-0.39, 0.29) is 17.7 Å². The standard InChI is InChI=1S/C22H23N3O3/c1-3-4-12-25-21(14-8-7-9-15(13-14)28-2)18-19(23-24-20(18)22(25)27)16-10-5-6-11-17(16)26/h5-11,13,21,26H,3-4,12H2,1-2H3,(H,23,24). The fourth-order valence-corrected chi connectivity index (χ4v) is 3.79. The smallest absolute Gasteiger partial charge is 0.273 e. The number of carbonyl (C=O) groups excluding carboxylic acids is 1. The molecule has 1 unspecified atom stereocenters. The molecule has 1 aliphatic rings. The Balaban J connectivity index is 1.89. The fraction of sp³-hybridized carbons (Fsp3) is 0.273. The van der Waals surface area contributed by atoms with E-state index in [9.17, 15) is 9.90 Å². The van der Waals surface area contributed by atoms with Gasteiger partial charge >= 0.3 is 0 Å². The molecule has 6 heteroatoms. The lowest BCUT2D eigenvalue weighted by Gasteiger charge is -2.26. The molecule has 1 aromatic heterocycles. The monoisotopic (exact) mass is 377 g/mol. The van der Waals surface area contributed by atoms with Crippen LogP contribution in [0.4, 0.5) is 0 Å². The number of hydrogen-bond acceptors (Lipinski definition) is 4. The molecular formula is C22H23N3O3.